The van der Waals surface area contributed by atoms with E-state index in [4.69, 9.17) is 5.73 Å². The van der Waals surface area contributed by atoms with Crippen molar-refractivity contribution in [2.24, 2.45) is 0 Å². The summed E-state index contributed by atoms with van der Waals surface area (Å²) in [6.45, 7) is 4.14. The van der Waals surface area contributed by atoms with E-state index < -0.39 is 0 Å². The number of rotatable bonds is 2. The van der Waals surface area contributed by atoms with Gasteiger partial charge in [-0.25, -0.2) is 0 Å². The summed E-state index contributed by atoms with van der Waals surface area (Å²) in [5.74, 6) is 0.523. The van der Waals surface area contributed by atoms with E-state index in [0.717, 1.165) is 26.9 Å². The predicted octanol–water partition coefficient (Wildman–Crippen LogP) is 4.71. The summed E-state index contributed by atoms with van der Waals surface area (Å²) >= 11 is 3.53. The smallest absolute Gasteiger partial charge is 0.153 e. The average Bonchev–Trinajstić information content (AvgIpc) is 2.85. The van der Waals surface area contributed by atoms with Gasteiger partial charge in [0.1, 0.15) is 0 Å². The Morgan fingerprint density at radius 1 is 1.00 bits per heavy atom. The van der Waals surface area contributed by atoms with Crippen molar-refractivity contribution in [3.05, 3.63) is 58.1 Å². The molecule has 3 nitrogen and oxygen atoms in total. The van der Waals surface area contributed by atoms with E-state index in [2.05, 4.69) is 76.4 Å². The first-order chi connectivity index (χ1) is 10.1. The van der Waals surface area contributed by atoms with Crippen molar-refractivity contribution in [1.29, 1.82) is 0 Å². The van der Waals surface area contributed by atoms with Crippen LogP contribution in [-0.2, 0) is 0 Å². The molecule has 106 valence electrons. The quantitative estimate of drug-likeness (QED) is 0.709. The van der Waals surface area contributed by atoms with Crippen LogP contribution in [0, 0.1) is 13.8 Å². The first kappa shape index (κ1) is 13.9. The van der Waals surface area contributed by atoms with Crippen LogP contribution >= 0.6 is 15.9 Å². The molecule has 2 aromatic carbocycles. The number of hydrogen-bond donors (Lipinski definition) is 2. The van der Waals surface area contributed by atoms with Gasteiger partial charge in [-0.05, 0) is 37.1 Å². The number of hydrogen-bond acceptors (Lipinski definition) is 2. The highest BCUT2D eigenvalue weighted by Gasteiger charge is 2.15. The molecule has 0 saturated carbocycles. The van der Waals surface area contributed by atoms with Gasteiger partial charge in [0.15, 0.2) is 5.82 Å². The third kappa shape index (κ3) is 2.59. The summed E-state index contributed by atoms with van der Waals surface area (Å²) < 4.78 is 1.09. The number of nitrogens with one attached hydrogen (secondary N) is 1. The SMILES string of the molecule is Cc1ccc(-c2c(N)n[nH]c2-c2ccc(Br)c(C)c2)cc1. The summed E-state index contributed by atoms with van der Waals surface area (Å²) in [4.78, 5) is 0. The van der Waals surface area contributed by atoms with E-state index in [0.29, 0.717) is 5.82 Å². The van der Waals surface area contributed by atoms with E-state index in [1.165, 1.54) is 11.1 Å². The zero-order chi connectivity index (χ0) is 15.0. The number of anilines is 1. The van der Waals surface area contributed by atoms with Gasteiger partial charge in [-0.15, -0.1) is 0 Å². The number of halogens is 1. The number of nitrogen functional groups attached to an aromatic ring is 1. The molecule has 0 aliphatic rings. The standard InChI is InChI=1S/C17H16BrN3/c1-10-3-5-12(6-4-10)15-16(20-21-17(15)19)13-7-8-14(18)11(2)9-13/h3-9H,1-2H3,(H3,19,20,21). The molecule has 1 aromatic heterocycles. The van der Waals surface area contributed by atoms with Gasteiger partial charge in [0.2, 0.25) is 0 Å². The number of H-pyrrole nitrogens is 1. The number of nitrogens with zero attached hydrogens (tertiary/aromatic N) is 1. The summed E-state index contributed by atoms with van der Waals surface area (Å²) in [5, 5.41) is 7.24. The van der Waals surface area contributed by atoms with Crippen LogP contribution in [0.5, 0.6) is 0 Å². The highest BCUT2D eigenvalue weighted by atomic mass is 79.9. The lowest BCUT2D eigenvalue weighted by atomic mass is 9.99. The molecule has 21 heavy (non-hydrogen) atoms. The van der Waals surface area contributed by atoms with Crippen molar-refractivity contribution >= 4 is 21.7 Å². The largest absolute Gasteiger partial charge is 0.382 e. The van der Waals surface area contributed by atoms with Gasteiger partial charge in [-0.2, -0.15) is 5.10 Å². The van der Waals surface area contributed by atoms with Gasteiger partial charge in [0.25, 0.3) is 0 Å². The lowest BCUT2D eigenvalue weighted by Crippen LogP contribution is -1.89. The fraction of sp³-hybridized carbons (Fsp3) is 0.118. The Morgan fingerprint density at radius 2 is 1.67 bits per heavy atom. The maximum absolute atomic E-state index is 6.07. The first-order valence-electron chi connectivity index (χ1n) is 6.73. The molecule has 0 aliphatic heterocycles. The van der Waals surface area contributed by atoms with Gasteiger partial charge >= 0.3 is 0 Å². The van der Waals surface area contributed by atoms with Crippen molar-refractivity contribution in [1.82, 2.24) is 10.2 Å². The second-order valence-corrected chi connectivity index (χ2v) is 6.04. The Labute approximate surface area is 132 Å². The second kappa shape index (κ2) is 5.37. The monoisotopic (exact) mass is 341 g/mol. The van der Waals surface area contributed by atoms with Crippen molar-refractivity contribution in [2.45, 2.75) is 13.8 Å². The molecule has 1 heterocycles. The van der Waals surface area contributed by atoms with Crippen LogP contribution in [0.25, 0.3) is 22.4 Å². The lowest BCUT2D eigenvalue weighted by molar-refractivity contribution is 1.10. The molecule has 0 bridgehead atoms. The molecule has 0 saturated heterocycles. The summed E-state index contributed by atoms with van der Waals surface area (Å²) in [6.07, 6.45) is 0. The van der Waals surface area contributed by atoms with E-state index in [1.807, 2.05) is 6.07 Å². The maximum Gasteiger partial charge on any atom is 0.153 e. The van der Waals surface area contributed by atoms with Gasteiger partial charge in [-0.1, -0.05) is 51.8 Å². The summed E-state index contributed by atoms with van der Waals surface area (Å²) in [5.41, 5.74) is 12.5. The molecule has 0 radical (unpaired) electrons. The van der Waals surface area contributed by atoms with Crippen molar-refractivity contribution in [3.8, 4) is 22.4 Å². The van der Waals surface area contributed by atoms with Crippen LogP contribution in [0.2, 0.25) is 0 Å². The van der Waals surface area contributed by atoms with Crippen LogP contribution in [0.1, 0.15) is 11.1 Å². The first-order valence-corrected chi connectivity index (χ1v) is 7.53. The minimum atomic E-state index is 0.523. The van der Waals surface area contributed by atoms with Crippen molar-refractivity contribution in [3.63, 3.8) is 0 Å². The van der Waals surface area contributed by atoms with Gasteiger partial charge in [-0.3, -0.25) is 5.10 Å². The van der Waals surface area contributed by atoms with Crippen molar-refractivity contribution in [2.75, 3.05) is 5.73 Å². The Bertz CT molecular complexity index is 788. The van der Waals surface area contributed by atoms with Crippen LogP contribution in [-0.4, -0.2) is 10.2 Å². The molecule has 3 aromatic rings. The Kier molecular flexibility index (Phi) is 3.55. The Morgan fingerprint density at radius 3 is 2.33 bits per heavy atom. The molecule has 3 rings (SSSR count). The number of aryl methyl sites for hydroxylation is 2. The molecular formula is C17H16BrN3. The topological polar surface area (TPSA) is 54.7 Å². The summed E-state index contributed by atoms with van der Waals surface area (Å²) in [6, 6.07) is 14.5. The number of aromatic nitrogens is 2. The highest BCUT2D eigenvalue weighted by Crippen LogP contribution is 2.35. The summed E-state index contributed by atoms with van der Waals surface area (Å²) in [7, 11) is 0. The predicted molar refractivity (Wildman–Crippen MR) is 91.0 cm³/mol. The van der Waals surface area contributed by atoms with Crippen LogP contribution in [0.15, 0.2) is 46.9 Å². The molecular weight excluding hydrogens is 326 g/mol. The number of aromatic amines is 1. The van der Waals surface area contributed by atoms with Gasteiger partial charge < -0.3 is 5.73 Å². The van der Waals surface area contributed by atoms with E-state index >= 15 is 0 Å². The minimum Gasteiger partial charge on any atom is -0.382 e. The van der Waals surface area contributed by atoms with E-state index in [-0.39, 0.29) is 0 Å². The minimum absolute atomic E-state index is 0.523. The van der Waals surface area contributed by atoms with Crippen molar-refractivity contribution < 1.29 is 0 Å². The third-order valence-electron chi connectivity index (χ3n) is 3.58. The molecule has 0 atom stereocenters. The molecule has 0 unspecified atom stereocenters. The fourth-order valence-corrected chi connectivity index (χ4v) is 2.62. The molecule has 0 spiro atoms. The molecule has 0 amide bonds. The Balaban J connectivity index is 2.16. The van der Waals surface area contributed by atoms with E-state index in [9.17, 15) is 0 Å². The fourth-order valence-electron chi connectivity index (χ4n) is 2.38. The van der Waals surface area contributed by atoms with Gasteiger partial charge in [0, 0.05) is 10.0 Å². The van der Waals surface area contributed by atoms with Crippen LogP contribution in [0.3, 0.4) is 0 Å². The third-order valence-corrected chi connectivity index (χ3v) is 4.47. The second-order valence-electron chi connectivity index (χ2n) is 5.19. The Hall–Kier alpha value is -2.07. The lowest BCUT2D eigenvalue weighted by Gasteiger charge is -2.07. The number of nitrogens with two attached hydrogens (primary N) is 1. The zero-order valence-corrected chi connectivity index (χ0v) is 13.5. The zero-order valence-electron chi connectivity index (χ0n) is 11.9. The van der Waals surface area contributed by atoms with Gasteiger partial charge in [0.05, 0.1) is 11.3 Å². The van der Waals surface area contributed by atoms with Crippen LogP contribution in [0.4, 0.5) is 5.82 Å². The molecule has 0 aliphatic carbocycles. The average molecular weight is 342 g/mol. The normalized spacial score (nSPS) is 10.8. The number of benzene rings is 2. The molecule has 3 N–H and O–H groups in total. The molecule has 0 fully saturated rings. The van der Waals surface area contributed by atoms with E-state index in [1.54, 1.807) is 0 Å². The van der Waals surface area contributed by atoms with Crippen LogP contribution < -0.4 is 5.73 Å². The highest BCUT2D eigenvalue weighted by molar-refractivity contribution is 9.10. The molecule has 4 heteroatoms. The maximum atomic E-state index is 6.07.